The average molecular weight is 368 g/mol. The predicted octanol–water partition coefficient (Wildman–Crippen LogP) is 2.65. The Kier molecular flexibility index (Phi) is 10.4. The summed E-state index contributed by atoms with van der Waals surface area (Å²) in [6.07, 6.45) is 6.93. The summed E-state index contributed by atoms with van der Waals surface area (Å²) in [6, 6.07) is 0. The SMILES string of the molecule is CCCCCC(O)/C=C/C1C(O)CC(=O)C1CC(=O)CCCCC(=O)O. The van der Waals surface area contributed by atoms with E-state index in [1.54, 1.807) is 12.2 Å². The van der Waals surface area contributed by atoms with Crippen molar-refractivity contribution in [2.75, 3.05) is 0 Å². The molecule has 0 radical (unpaired) electrons. The molecule has 6 heteroatoms. The van der Waals surface area contributed by atoms with E-state index in [9.17, 15) is 24.6 Å². The summed E-state index contributed by atoms with van der Waals surface area (Å²) in [4.78, 5) is 34.7. The summed E-state index contributed by atoms with van der Waals surface area (Å²) < 4.78 is 0. The zero-order chi connectivity index (χ0) is 19.5. The second-order valence-electron chi connectivity index (χ2n) is 7.21. The molecule has 1 rings (SSSR count). The molecule has 4 unspecified atom stereocenters. The molecule has 4 atom stereocenters. The van der Waals surface area contributed by atoms with Crippen molar-refractivity contribution in [3.05, 3.63) is 12.2 Å². The highest BCUT2D eigenvalue weighted by molar-refractivity contribution is 5.90. The van der Waals surface area contributed by atoms with E-state index in [-0.39, 0.29) is 37.2 Å². The van der Waals surface area contributed by atoms with Crippen LogP contribution in [0, 0.1) is 11.8 Å². The van der Waals surface area contributed by atoms with Crippen LogP contribution in [0.5, 0.6) is 0 Å². The number of rotatable bonds is 13. The Morgan fingerprint density at radius 1 is 1.19 bits per heavy atom. The van der Waals surface area contributed by atoms with Crippen molar-refractivity contribution in [1.29, 1.82) is 0 Å². The van der Waals surface area contributed by atoms with E-state index in [1.807, 2.05) is 0 Å². The number of carbonyl (C=O) groups excluding carboxylic acids is 2. The van der Waals surface area contributed by atoms with Gasteiger partial charge in [0, 0.05) is 37.5 Å². The van der Waals surface area contributed by atoms with Gasteiger partial charge in [-0.05, 0) is 19.3 Å². The Morgan fingerprint density at radius 2 is 1.88 bits per heavy atom. The summed E-state index contributed by atoms with van der Waals surface area (Å²) in [7, 11) is 0. The number of aliphatic hydroxyl groups excluding tert-OH is 2. The molecule has 0 aromatic rings. The van der Waals surface area contributed by atoms with Crippen LogP contribution in [-0.2, 0) is 14.4 Å². The van der Waals surface area contributed by atoms with E-state index in [0.29, 0.717) is 19.3 Å². The monoisotopic (exact) mass is 368 g/mol. The maximum Gasteiger partial charge on any atom is 0.303 e. The van der Waals surface area contributed by atoms with Crippen molar-refractivity contribution in [1.82, 2.24) is 0 Å². The third-order valence-corrected chi connectivity index (χ3v) is 4.94. The highest BCUT2D eigenvalue weighted by atomic mass is 16.4. The zero-order valence-electron chi connectivity index (χ0n) is 15.6. The molecule has 1 aliphatic carbocycles. The number of Topliss-reactive ketones (excluding diaryl/α,β-unsaturated/α-hetero) is 2. The van der Waals surface area contributed by atoms with E-state index < -0.39 is 30.0 Å². The summed E-state index contributed by atoms with van der Waals surface area (Å²) >= 11 is 0. The molecule has 0 spiro atoms. The lowest BCUT2D eigenvalue weighted by molar-refractivity contribution is -0.137. The average Bonchev–Trinajstić information content (AvgIpc) is 2.83. The van der Waals surface area contributed by atoms with Crippen molar-refractivity contribution in [2.45, 2.75) is 83.3 Å². The molecule has 0 aromatic carbocycles. The quantitative estimate of drug-likeness (QED) is 0.340. The van der Waals surface area contributed by atoms with Gasteiger partial charge >= 0.3 is 5.97 Å². The first kappa shape index (κ1) is 22.5. The molecule has 0 bridgehead atoms. The maximum absolute atomic E-state index is 12.1. The Morgan fingerprint density at radius 3 is 2.54 bits per heavy atom. The molecule has 0 heterocycles. The van der Waals surface area contributed by atoms with Crippen molar-refractivity contribution < 1.29 is 29.7 Å². The first-order chi connectivity index (χ1) is 12.3. The van der Waals surface area contributed by atoms with Crippen LogP contribution in [0.1, 0.15) is 71.1 Å². The Hall–Kier alpha value is -1.53. The summed E-state index contributed by atoms with van der Waals surface area (Å²) in [5.74, 6) is -2.06. The minimum Gasteiger partial charge on any atom is -0.481 e. The molecule has 1 fully saturated rings. The Balaban J connectivity index is 2.51. The van der Waals surface area contributed by atoms with E-state index in [1.165, 1.54) is 0 Å². The third-order valence-electron chi connectivity index (χ3n) is 4.94. The number of aliphatic hydroxyl groups is 2. The minimum atomic E-state index is -0.880. The molecule has 3 N–H and O–H groups in total. The minimum absolute atomic E-state index is 0.0373. The maximum atomic E-state index is 12.1. The number of carboxylic acid groups (broad SMARTS) is 1. The summed E-state index contributed by atoms with van der Waals surface area (Å²) in [5, 5.41) is 28.7. The van der Waals surface area contributed by atoms with Crippen LogP contribution in [0.4, 0.5) is 0 Å². The van der Waals surface area contributed by atoms with E-state index in [2.05, 4.69) is 6.92 Å². The van der Waals surface area contributed by atoms with Gasteiger partial charge in [0.25, 0.3) is 0 Å². The van der Waals surface area contributed by atoms with Crippen molar-refractivity contribution >= 4 is 17.5 Å². The number of unbranched alkanes of at least 4 members (excludes halogenated alkanes) is 3. The molecule has 6 nitrogen and oxygen atoms in total. The van der Waals surface area contributed by atoms with Gasteiger partial charge in [0.15, 0.2) is 0 Å². The van der Waals surface area contributed by atoms with Crippen molar-refractivity contribution in [2.24, 2.45) is 11.8 Å². The first-order valence-electron chi connectivity index (χ1n) is 9.65. The van der Waals surface area contributed by atoms with Gasteiger partial charge in [-0.2, -0.15) is 0 Å². The van der Waals surface area contributed by atoms with Crippen LogP contribution in [0.2, 0.25) is 0 Å². The largest absolute Gasteiger partial charge is 0.481 e. The number of carbonyl (C=O) groups is 3. The van der Waals surface area contributed by atoms with Crippen molar-refractivity contribution in [3.63, 3.8) is 0 Å². The lowest BCUT2D eigenvalue weighted by atomic mass is 9.88. The molecule has 0 amide bonds. The molecule has 26 heavy (non-hydrogen) atoms. The normalized spacial score (nSPS) is 24.3. The second kappa shape index (κ2) is 12.0. The highest BCUT2D eigenvalue weighted by Gasteiger charge is 2.40. The molecule has 0 aromatic heterocycles. The topological polar surface area (TPSA) is 112 Å². The molecule has 1 saturated carbocycles. The van der Waals surface area contributed by atoms with E-state index in [4.69, 9.17) is 5.11 Å². The van der Waals surface area contributed by atoms with Crippen LogP contribution < -0.4 is 0 Å². The number of hydrogen-bond donors (Lipinski definition) is 3. The fourth-order valence-corrected chi connectivity index (χ4v) is 3.39. The van der Waals surface area contributed by atoms with Crippen LogP contribution in [0.3, 0.4) is 0 Å². The Bertz CT molecular complexity index is 499. The molecule has 0 saturated heterocycles. The number of hydrogen-bond acceptors (Lipinski definition) is 5. The van der Waals surface area contributed by atoms with Crippen molar-refractivity contribution in [3.8, 4) is 0 Å². The second-order valence-corrected chi connectivity index (χ2v) is 7.21. The van der Waals surface area contributed by atoms with Gasteiger partial charge in [0.05, 0.1) is 12.2 Å². The predicted molar refractivity (Wildman–Crippen MR) is 97.6 cm³/mol. The summed E-state index contributed by atoms with van der Waals surface area (Å²) in [5.41, 5.74) is 0. The first-order valence-corrected chi connectivity index (χ1v) is 9.65. The van der Waals surface area contributed by atoms with Crippen LogP contribution in [0.25, 0.3) is 0 Å². The third kappa shape index (κ3) is 8.23. The fraction of sp³-hybridized carbons (Fsp3) is 0.750. The standard InChI is InChI=1S/C20H32O6/c1-2-3-4-7-14(21)10-11-16-17(19(24)13-18(16)23)12-15(22)8-5-6-9-20(25)26/h10-11,14,16-18,21,23H,2-9,12-13H2,1H3,(H,25,26)/b11-10+. The van der Waals surface area contributed by atoms with Gasteiger partial charge in [0.2, 0.25) is 0 Å². The highest BCUT2D eigenvalue weighted by Crippen LogP contribution is 2.33. The van der Waals surface area contributed by atoms with Gasteiger partial charge in [-0.1, -0.05) is 38.3 Å². The van der Waals surface area contributed by atoms with E-state index >= 15 is 0 Å². The lowest BCUT2D eigenvalue weighted by Gasteiger charge is -2.17. The van der Waals surface area contributed by atoms with Crippen LogP contribution >= 0.6 is 0 Å². The van der Waals surface area contributed by atoms with Crippen LogP contribution in [0.15, 0.2) is 12.2 Å². The molecule has 1 aliphatic rings. The zero-order valence-corrected chi connectivity index (χ0v) is 15.6. The van der Waals surface area contributed by atoms with Gasteiger partial charge in [0.1, 0.15) is 11.6 Å². The van der Waals surface area contributed by atoms with Gasteiger partial charge in [-0.15, -0.1) is 0 Å². The number of ketones is 2. The fourth-order valence-electron chi connectivity index (χ4n) is 3.39. The molecular formula is C20H32O6. The van der Waals surface area contributed by atoms with E-state index in [0.717, 1.165) is 19.3 Å². The lowest BCUT2D eigenvalue weighted by Crippen LogP contribution is -2.22. The van der Waals surface area contributed by atoms with Gasteiger partial charge in [-0.3, -0.25) is 14.4 Å². The van der Waals surface area contributed by atoms with Gasteiger partial charge in [-0.25, -0.2) is 0 Å². The Labute approximate surface area is 155 Å². The number of aliphatic carboxylic acids is 1. The smallest absolute Gasteiger partial charge is 0.303 e. The number of carboxylic acids is 1. The van der Waals surface area contributed by atoms with Crippen LogP contribution in [-0.4, -0.2) is 45.1 Å². The summed E-state index contributed by atoms with van der Waals surface area (Å²) in [6.45, 7) is 2.09. The molecule has 148 valence electrons. The molecule has 0 aliphatic heterocycles. The molecular weight excluding hydrogens is 336 g/mol. The van der Waals surface area contributed by atoms with Gasteiger partial charge < -0.3 is 15.3 Å².